The van der Waals surface area contributed by atoms with Crippen molar-refractivity contribution in [3.05, 3.63) is 23.8 Å². The number of anilines is 1. The first-order chi connectivity index (χ1) is 10.1. The number of nitrogens with one attached hydrogen (secondary N) is 1. The average Bonchev–Trinajstić information content (AvgIpc) is 2.42. The average molecular weight is 327 g/mol. The summed E-state index contributed by atoms with van der Waals surface area (Å²) in [5.41, 5.74) is -0.958. The van der Waals surface area contributed by atoms with Gasteiger partial charge in [-0.2, -0.15) is 13.7 Å². The molecule has 0 unspecified atom stereocenters. The topological polar surface area (TPSA) is 132 Å². The number of nitriles is 1. The Bertz CT molecular complexity index is 707. The van der Waals surface area contributed by atoms with E-state index in [9.17, 15) is 18.5 Å². The summed E-state index contributed by atoms with van der Waals surface area (Å²) in [6, 6.07) is 6.20. The summed E-state index contributed by atoms with van der Waals surface area (Å²) in [6.07, 6.45) is 0. The highest BCUT2D eigenvalue weighted by atomic mass is 32.2. The Hall–Kier alpha value is -2.31. The molecule has 0 aliphatic rings. The van der Waals surface area contributed by atoms with Crippen molar-refractivity contribution < 1.29 is 22.7 Å². The van der Waals surface area contributed by atoms with Crippen molar-refractivity contribution in [3.8, 4) is 11.8 Å². The number of esters is 1. The predicted molar refractivity (Wildman–Crippen MR) is 79.2 cm³/mol. The first kappa shape index (κ1) is 17.7. The SMILES string of the molecule is COC(=O)C(C)(C)COc1cccc(NS(N)(=O)=O)c1C#N. The first-order valence-corrected chi connectivity index (χ1v) is 7.70. The van der Waals surface area contributed by atoms with Crippen molar-refractivity contribution in [2.24, 2.45) is 10.6 Å². The number of nitrogens with two attached hydrogens (primary N) is 1. The predicted octanol–water partition coefficient (Wildman–Crippen LogP) is 0.752. The molecular weight excluding hydrogens is 310 g/mol. The van der Waals surface area contributed by atoms with Crippen LogP contribution >= 0.6 is 0 Å². The van der Waals surface area contributed by atoms with Gasteiger partial charge < -0.3 is 9.47 Å². The molecule has 1 aromatic carbocycles. The van der Waals surface area contributed by atoms with Crippen LogP contribution in [0.25, 0.3) is 0 Å². The van der Waals surface area contributed by atoms with E-state index in [1.807, 2.05) is 10.8 Å². The lowest BCUT2D eigenvalue weighted by atomic mass is 9.95. The minimum absolute atomic E-state index is 0.00151. The van der Waals surface area contributed by atoms with Gasteiger partial charge in [0.2, 0.25) is 0 Å². The molecule has 0 saturated carbocycles. The van der Waals surface area contributed by atoms with Gasteiger partial charge in [-0.15, -0.1) is 0 Å². The third-order valence-electron chi connectivity index (χ3n) is 2.72. The van der Waals surface area contributed by atoms with Crippen LogP contribution in [0.1, 0.15) is 19.4 Å². The van der Waals surface area contributed by atoms with Gasteiger partial charge in [0.05, 0.1) is 18.2 Å². The first-order valence-electron chi connectivity index (χ1n) is 6.15. The highest BCUT2D eigenvalue weighted by Crippen LogP contribution is 2.28. The van der Waals surface area contributed by atoms with Crippen LogP contribution in [0.4, 0.5) is 5.69 Å². The zero-order chi connectivity index (χ0) is 17.0. The molecule has 0 aliphatic carbocycles. The van der Waals surface area contributed by atoms with Gasteiger partial charge in [0.25, 0.3) is 10.2 Å². The van der Waals surface area contributed by atoms with Gasteiger partial charge in [-0.05, 0) is 26.0 Å². The number of methoxy groups -OCH3 is 1. The third-order valence-corrected chi connectivity index (χ3v) is 3.22. The van der Waals surface area contributed by atoms with Crippen LogP contribution in [0.2, 0.25) is 0 Å². The molecule has 22 heavy (non-hydrogen) atoms. The van der Waals surface area contributed by atoms with Crippen molar-refractivity contribution in [1.82, 2.24) is 0 Å². The van der Waals surface area contributed by atoms with E-state index in [1.54, 1.807) is 13.8 Å². The molecule has 1 aromatic rings. The number of nitrogens with zero attached hydrogens (tertiary/aromatic N) is 1. The molecule has 0 heterocycles. The second kappa shape index (κ2) is 6.64. The van der Waals surface area contributed by atoms with Crippen LogP contribution < -0.4 is 14.6 Å². The monoisotopic (exact) mass is 327 g/mol. The van der Waals surface area contributed by atoms with Gasteiger partial charge in [-0.25, -0.2) is 5.14 Å². The molecule has 120 valence electrons. The molecule has 0 spiro atoms. The maximum atomic E-state index is 11.6. The quantitative estimate of drug-likeness (QED) is 0.741. The van der Waals surface area contributed by atoms with Crippen molar-refractivity contribution in [1.29, 1.82) is 5.26 Å². The van der Waals surface area contributed by atoms with Gasteiger partial charge in [-0.3, -0.25) is 9.52 Å². The van der Waals surface area contributed by atoms with E-state index >= 15 is 0 Å². The lowest BCUT2D eigenvalue weighted by molar-refractivity contribution is -0.152. The summed E-state index contributed by atoms with van der Waals surface area (Å²) < 4.78 is 34.3. The molecule has 0 amide bonds. The Kier molecular flexibility index (Phi) is 5.35. The third kappa shape index (κ3) is 4.61. The highest BCUT2D eigenvalue weighted by Gasteiger charge is 2.30. The number of hydrogen-bond acceptors (Lipinski definition) is 6. The Morgan fingerprint density at radius 3 is 2.59 bits per heavy atom. The number of hydrogen-bond donors (Lipinski definition) is 2. The smallest absolute Gasteiger partial charge is 0.314 e. The van der Waals surface area contributed by atoms with E-state index in [2.05, 4.69) is 4.74 Å². The minimum atomic E-state index is -4.02. The Morgan fingerprint density at radius 1 is 1.45 bits per heavy atom. The van der Waals surface area contributed by atoms with Crippen LogP contribution in [-0.2, 0) is 19.7 Å². The Labute approximate surface area is 129 Å². The maximum Gasteiger partial charge on any atom is 0.314 e. The van der Waals surface area contributed by atoms with Gasteiger partial charge in [0.1, 0.15) is 24.0 Å². The summed E-state index contributed by atoms with van der Waals surface area (Å²) >= 11 is 0. The summed E-state index contributed by atoms with van der Waals surface area (Å²) in [4.78, 5) is 11.6. The van der Waals surface area contributed by atoms with Crippen LogP contribution in [0, 0.1) is 16.7 Å². The maximum absolute atomic E-state index is 11.6. The second-order valence-electron chi connectivity index (χ2n) is 5.10. The van der Waals surface area contributed by atoms with E-state index < -0.39 is 21.6 Å². The molecular formula is C13H17N3O5S. The van der Waals surface area contributed by atoms with Crippen molar-refractivity contribution >= 4 is 21.9 Å². The molecule has 1 rings (SSSR count). The van der Waals surface area contributed by atoms with Crippen LogP contribution in [0.5, 0.6) is 5.75 Å². The number of carbonyl (C=O) groups excluding carboxylic acids is 1. The van der Waals surface area contributed by atoms with Crippen LogP contribution in [0.15, 0.2) is 18.2 Å². The number of ether oxygens (including phenoxy) is 2. The molecule has 3 N–H and O–H groups in total. The van der Waals surface area contributed by atoms with Crippen molar-refractivity contribution in [2.45, 2.75) is 13.8 Å². The molecule has 0 fully saturated rings. The lowest BCUT2D eigenvalue weighted by Crippen LogP contribution is -2.32. The molecule has 0 aromatic heterocycles. The summed E-state index contributed by atoms with van der Waals surface area (Å²) in [5, 5.41) is 14.1. The molecule has 9 heteroatoms. The van der Waals surface area contributed by atoms with Crippen LogP contribution in [0.3, 0.4) is 0 Å². The Morgan fingerprint density at radius 2 is 2.09 bits per heavy atom. The molecule has 0 aliphatic heterocycles. The lowest BCUT2D eigenvalue weighted by Gasteiger charge is -2.22. The number of rotatable bonds is 6. The van der Waals surface area contributed by atoms with Crippen LogP contribution in [-0.4, -0.2) is 28.1 Å². The van der Waals surface area contributed by atoms with E-state index in [4.69, 9.17) is 9.88 Å². The summed E-state index contributed by atoms with van der Waals surface area (Å²) in [7, 11) is -2.75. The highest BCUT2D eigenvalue weighted by molar-refractivity contribution is 7.90. The molecule has 0 atom stereocenters. The number of benzene rings is 1. The fraction of sp³-hybridized carbons (Fsp3) is 0.385. The van der Waals surface area contributed by atoms with E-state index in [1.165, 1.54) is 25.3 Å². The van der Waals surface area contributed by atoms with Crippen molar-refractivity contribution in [3.63, 3.8) is 0 Å². The van der Waals surface area contributed by atoms with E-state index in [0.29, 0.717) is 0 Å². The largest absolute Gasteiger partial charge is 0.491 e. The number of carbonyl (C=O) groups is 1. The fourth-order valence-corrected chi connectivity index (χ4v) is 2.08. The minimum Gasteiger partial charge on any atom is -0.491 e. The molecule has 0 bridgehead atoms. The zero-order valence-corrected chi connectivity index (χ0v) is 13.2. The van der Waals surface area contributed by atoms with Gasteiger partial charge in [-0.1, -0.05) is 6.07 Å². The normalized spacial score (nSPS) is 11.4. The van der Waals surface area contributed by atoms with Crippen molar-refractivity contribution in [2.75, 3.05) is 18.4 Å². The van der Waals surface area contributed by atoms with Gasteiger partial charge in [0, 0.05) is 0 Å². The standard InChI is InChI=1S/C13H17N3O5S/c1-13(2,12(17)20-3)8-21-11-6-4-5-10(9(11)7-14)16-22(15,18)19/h4-6,16H,8H2,1-3H3,(H2,15,18,19). The molecule has 8 nitrogen and oxygen atoms in total. The van der Waals surface area contributed by atoms with E-state index in [0.717, 1.165) is 0 Å². The molecule has 0 radical (unpaired) electrons. The van der Waals surface area contributed by atoms with E-state index in [-0.39, 0.29) is 23.6 Å². The van der Waals surface area contributed by atoms with Gasteiger partial charge in [0.15, 0.2) is 0 Å². The summed E-state index contributed by atoms with van der Waals surface area (Å²) in [6.45, 7) is 3.20. The molecule has 0 saturated heterocycles. The summed E-state index contributed by atoms with van der Waals surface area (Å²) in [5.74, 6) is -0.335. The zero-order valence-electron chi connectivity index (χ0n) is 12.4. The Balaban J connectivity index is 3.05. The second-order valence-corrected chi connectivity index (χ2v) is 6.40. The van der Waals surface area contributed by atoms with Gasteiger partial charge >= 0.3 is 5.97 Å². The fourth-order valence-electron chi connectivity index (χ4n) is 1.60.